The van der Waals surface area contributed by atoms with Gasteiger partial charge in [-0.25, -0.2) is 4.79 Å². The molecule has 138 valence electrons. The van der Waals surface area contributed by atoms with Gasteiger partial charge in [0.05, 0.1) is 0 Å². The summed E-state index contributed by atoms with van der Waals surface area (Å²) in [6.07, 6.45) is 0. The van der Waals surface area contributed by atoms with Crippen molar-refractivity contribution in [2.24, 2.45) is 0 Å². The predicted octanol–water partition coefficient (Wildman–Crippen LogP) is 2.84. The smallest absolute Gasteiger partial charge is 0.323 e. The van der Waals surface area contributed by atoms with Gasteiger partial charge in [0.2, 0.25) is 0 Å². The van der Waals surface area contributed by atoms with Crippen molar-refractivity contribution in [3.05, 3.63) is 48.5 Å². The lowest BCUT2D eigenvalue weighted by atomic mass is 10.2. The minimum absolute atomic E-state index is 0.0433. The van der Waals surface area contributed by atoms with E-state index in [1.165, 1.54) is 5.69 Å². The number of rotatable bonds is 4. The molecule has 2 amide bonds. The van der Waals surface area contributed by atoms with Gasteiger partial charge in [0.1, 0.15) is 5.75 Å². The highest BCUT2D eigenvalue weighted by Gasteiger charge is 2.18. The first-order chi connectivity index (χ1) is 13.0. The van der Waals surface area contributed by atoms with Crippen LogP contribution in [0.25, 0.3) is 0 Å². The standard InChI is InChI=1S/C20H26N4O2/c1-21(2)20(26)22(3)16-4-6-17(7-5-16)23-12-14-24(15-13-23)18-8-10-19(25)11-9-18/h4-11,25H,12-15H2,1-3H3/i/hT. The number of anilines is 3. The zero-order valence-electron chi connectivity index (χ0n) is 16.6. The Kier molecular flexibility index (Phi) is 4.82. The van der Waals surface area contributed by atoms with Crippen LogP contribution in [0.2, 0.25) is 0 Å². The summed E-state index contributed by atoms with van der Waals surface area (Å²) in [6, 6.07) is 15.7. The van der Waals surface area contributed by atoms with Crippen molar-refractivity contribution >= 4 is 23.1 Å². The second-order valence-electron chi connectivity index (χ2n) is 6.72. The van der Waals surface area contributed by atoms with Gasteiger partial charge in [0, 0.05) is 64.4 Å². The van der Waals surface area contributed by atoms with Crippen LogP contribution < -0.4 is 14.7 Å². The number of hydrogen-bond acceptors (Lipinski definition) is 4. The van der Waals surface area contributed by atoms with Crippen molar-refractivity contribution in [3.63, 3.8) is 0 Å². The Hall–Kier alpha value is -2.89. The highest BCUT2D eigenvalue weighted by molar-refractivity contribution is 5.91. The van der Waals surface area contributed by atoms with E-state index in [1.54, 1.807) is 30.9 Å². The van der Waals surface area contributed by atoms with Crippen LogP contribution in [0, 0.1) is 0 Å². The summed E-state index contributed by atoms with van der Waals surface area (Å²) < 4.78 is 6.92. The average Bonchev–Trinajstić information content (AvgIpc) is 2.73. The fraction of sp³-hybridized carbons (Fsp3) is 0.350. The van der Waals surface area contributed by atoms with E-state index < -0.39 is 0 Å². The fourth-order valence-corrected chi connectivity index (χ4v) is 3.18. The minimum Gasteiger partial charge on any atom is -0.508 e. The maximum Gasteiger partial charge on any atom is 0.323 e. The Morgan fingerprint density at radius 3 is 1.77 bits per heavy atom. The lowest BCUT2D eigenvalue weighted by molar-refractivity contribution is 0.225. The van der Waals surface area contributed by atoms with Gasteiger partial charge in [-0.15, -0.1) is 0 Å². The molecule has 1 heterocycles. The van der Waals surface area contributed by atoms with Crippen LogP contribution in [-0.4, -0.2) is 64.8 Å². The van der Waals surface area contributed by atoms with Gasteiger partial charge in [-0.2, -0.15) is 0 Å². The highest BCUT2D eigenvalue weighted by Crippen LogP contribution is 2.24. The Morgan fingerprint density at radius 2 is 1.35 bits per heavy atom. The number of phenols is 1. The molecule has 1 aliphatic heterocycles. The van der Waals surface area contributed by atoms with Gasteiger partial charge in [-0.1, -0.05) is 0 Å². The van der Waals surface area contributed by atoms with Gasteiger partial charge in [-0.05, 0) is 48.5 Å². The van der Waals surface area contributed by atoms with Crippen LogP contribution in [-0.2, 0) is 0 Å². The van der Waals surface area contributed by atoms with Gasteiger partial charge in [-0.3, -0.25) is 4.90 Å². The molecule has 0 bridgehead atoms. The molecule has 6 nitrogen and oxygen atoms in total. The van der Waals surface area contributed by atoms with E-state index in [2.05, 4.69) is 27.0 Å². The number of urea groups is 1. The number of hydrogen-bond donors (Lipinski definition) is 1. The van der Waals surface area contributed by atoms with E-state index in [-0.39, 0.29) is 6.03 Å². The number of benzene rings is 2. The number of carbonyl (C=O) groups is 1. The summed E-state index contributed by atoms with van der Waals surface area (Å²) in [4.78, 5) is 20.0. The van der Waals surface area contributed by atoms with Crippen LogP contribution in [0.3, 0.4) is 0 Å². The number of nitrogens with zero attached hydrogens (tertiary/aromatic N) is 4. The molecular weight excluding hydrogens is 328 g/mol. The third-order valence-electron chi connectivity index (χ3n) is 4.75. The SMILES string of the molecule is [3H]Oc1ccc(N2CCN(c3ccc(N(C)C(=O)N(C)C)cc3)CC2)cc1. The van der Waals surface area contributed by atoms with Crippen LogP contribution >= 0.6 is 0 Å². The molecular formula is C20H26N4O2. The van der Waals surface area contributed by atoms with Gasteiger partial charge in [0.15, 0.2) is 0 Å². The molecule has 0 aliphatic carbocycles. The highest BCUT2D eigenvalue weighted by atomic mass is 16.3. The molecule has 0 aromatic heterocycles. The van der Waals surface area contributed by atoms with Crippen molar-refractivity contribution in [1.82, 2.24) is 4.90 Å². The Balaban J connectivity index is 1.60. The van der Waals surface area contributed by atoms with E-state index in [0.717, 1.165) is 37.6 Å². The van der Waals surface area contributed by atoms with Gasteiger partial charge >= 0.3 is 6.03 Å². The third kappa shape index (κ3) is 3.85. The molecule has 1 fully saturated rings. The normalized spacial score (nSPS) is 14.7. The van der Waals surface area contributed by atoms with Gasteiger partial charge < -0.3 is 19.8 Å². The molecule has 0 spiro atoms. The first-order valence-corrected chi connectivity index (χ1v) is 8.78. The lowest BCUT2D eigenvalue weighted by Gasteiger charge is -2.37. The summed E-state index contributed by atoms with van der Waals surface area (Å²) >= 11 is 0. The fourth-order valence-electron chi connectivity index (χ4n) is 3.18. The molecule has 0 atom stereocenters. The van der Waals surface area contributed by atoms with E-state index in [4.69, 9.17) is 1.43 Å². The average molecular weight is 356 g/mol. The zero-order valence-corrected chi connectivity index (χ0v) is 15.6. The first-order valence-electron chi connectivity index (χ1n) is 9.18. The summed E-state index contributed by atoms with van der Waals surface area (Å²) in [5.41, 5.74) is 3.20. The molecule has 2 aromatic carbocycles. The van der Waals surface area contributed by atoms with Crippen LogP contribution in [0.15, 0.2) is 48.5 Å². The van der Waals surface area contributed by atoms with Crippen molar-refractivity contribution in [3.8, 4) is 5.75 Å². The molecule has 0 radical (unpaired) electrons. The second kappa shape index (κ2) is 7.56. The molecule has 3 rings (SSSR count). The van der Waals surface area contributed by atoms with Crippen LogP contribution in [0.1, 0.15) is 0 Å². The van der Waals surface area contributed by atoms with E-state index in [9.17, 15) is 4.79 Å². The topological polar surface area (TPSA) is 50.3 Å². The summed E-state index contributed by atoms with van der Waals surface area (Å²) in [5.74, 6) is 0.551. The van der Waals surface area contributed by atoms with Crippen molar-refractivity contribution in [1.29, 1.82) is 1.43 Å². The summed E-state index contributed by atoms with van der Waals surface area (Å²) in [5, 5.41) is 4.48. The van der Waals surface area contributed by atoms with Crippen LogP contribution in [0.4, 0.5) is 21.9 Å². The molecule has 1 N–H and O–H groups in total. The molecule has 2 aromatic rings. The van der Waals surface area contributed by atoms with Crippen molar-refractivity contribution < 1.29 is 9.90 Å². The largest absolute Gasteiger partial charge is 0.508 e. The monoisotopic (exact) mass is 356 g/mol. The molecule has 26 heavy (non-hydrogen) atoms. The number of carbonyl (C=O) groups excluding carboxylic acids is 1. The number of piperazine rings is 1. The Bertz CT molecular complexity index is 757. The second-order valence-corrected chi connectivity index (χ2v) is 6.72. The molecule has 6 heteroatoms. The number of amides is 2. The minimum atomic E-state index is -0.0433. The maximum absolute atomic E-state index is 12.1. The zero-order chi connectivity index (χ0) is 19.4. The third-order valence-corrected chi connectivity index (χ3v) is 4.75. The van der Waals surface area contributed by atoms with Crippen LogP contribution in [0.5, 0.6) is 5.75 Å². The van der Waals surface area contributed by atoms with Crippen molar-refractivity contribution in [2.75, 3.05) is 62.0 Å². The Morgan fingerprint density at radius 1 is 0.885 bits per heavy atom. The summed E-state index contributed by atoms with van der Waals surface area (Å²) in [7, 11) is 5.29. The van der Waals surface area contributed by atoms with E-state index in [0.29, 0.717) is 5.75 Å². The lowest BCUT2D eigenvalue weighted by Crippen LogP contribution is -2.46. The summed E-state index contributed by atoms with van der Waals surface area (Å²) in [6.45, 7) is 3.73. The van der Waals surface area contributed by atoms with E-state index >= 15 is 0 Å². The number of aromatic hydroxyl groups is 1. The van der Waals surface area contributed by atoms with Crippen molar-refractivity contribution in [2.45, 2.75) is 0 Å². The molecule has 1 saturated heterocycles. The Labute approximate surface area is 156 Å². The quantitative estimate of drug-likeness (QED) is 0.915. The first kappa shape index (κ1) is 16.6. The maximum atomic E-state index is 12.1. The molecule has 0 unspecified atom stereocenters. The van der Waals surface area contributed by atoms with Gasteiger partial charge in [0.25, 0.3) is 1.43 Å². The molecule has 1 aliphatic rings. The number of phenolic OH excluding ortho intramolecular Hbond substituents is 1. The molecule has 0 saturated carbocycles. The predicted molar refractivity (Wildman–Crippen MR) is 106 cm³/mol. The van der Waals surface area contributed by atoms with E-state index in [1.807, 2.05) is 36.4 Å².